The van der Waals surface area contributed by atoms with Gasteiger partial charge in [0.1, 0.15) is 0 Å². The molecule has 0 spiro atoms. The van der Waals surface area contributed by atoms with E-state index in [1.54, 1.807) is 12.1 Å². The van der Waals surface area contributed by atoms with Gasteiger partial charge in [-0.05, 0) is 24.1 Å². The lowest BCUT2D eigenvalue weighted by Gasteiger charge is -2.37. The minimum Gasteiger partial charge on any atom is -0.369 e. The van der Waals surface area contributed by atoms with E-state index in [9.17, 15) is 14.9 Å². The highest BCUT2D eigenvalue weighted by Gasteiger charge is 2.19. The van der Waals surface area contributed by atoms with Gasteiger partial charge >= 0.3 is 0 Å². The van der Waals surface area contributed by atoms with Gasteiger partial charge in [-0.3, -0.25) is 19.8 Å². The number of non-ortho nitro benzene ring substituents is 1. The standard InChI is InChI=1S/C23H30N4O3/c1-2-23(28)26(12-11-20-7-6-10-22(19-20)27(29)30)18-15-24-13-16-25(17-14-24)21-8-4-3-5-9-21/h3-10,19H,2,11-18H2,1H3. The molecule has 0 aromatic heterocycles. The van der Waals surface area contributed by atoms with Crippen molar-refractivity contribution in [2.45, 2.75) is 19.8 Å². The quantitative estimate of drug-likeness (QED) is 0.469. The number of para-hydroxylation sites is 1. The molecule has 2 aromatic rings. The Bertz CT molecular complexity index is 835. The summed E-state index contributed by atoms with van der Waals surface area (Å²) >= 11 is 0. The Morgan fingerprint density at radius 3 is 2.43 bits per heavy atom. The van der Waals surface area contributed by atoms with E-state index in [1.165, 1.54) is 11.8 Å². The molecule has 0 N–H and O–H groups in total. The Balaban J connectivity index is 1.49. The third-order valence-corrected chi connectivity index (χ3v) is 5.63. The summed E-state index contributed by atoms with van der Waals surface area (Å²) in [6, 6.07) is 17.1. The normalized spacial score (nSPS) is 14.5. The Hall–Kier alpha value is -2.93. The fourth-order valence-corrected chi connectivity index (χ4v) is 3.81. The molecule has 30 heavy (non-hydrogen) atoms. The molecular formula is C23H30N4O3. The van der Waals surface area contributed by atoms with Crippen LogP contribution in [0.4, 0.5) is 11.4 Å². The summed E-state index contributed by atoms with van der Waals surface area (Å²) in [6.45, 7) is 7.93. The van der Waals surface area contributed by atoms with E-state index < -0.39 is 0 Å². The van der Waals surface area contributed by atoms with Crippen LogP contribution < -0.4 is 4.90 Å². The third kappa shape index (κ3) is 6.03. The van der Waals surface area contributed by atoms with Crippen LogP contribution in [0.25, 0.3) is 0 Å². The molecule has 0 atom stereocenters. The molecule has 160 valence electrons. The minimum absolute atomic E-state index is 0.0946. The number of hydrogen-bond donors (Lipinski definition) is 0. The first-order chi connectivity index (χ1) is 14.6. The zero-order chi connectivity index (χ0) is 21.3. The van der Waals surface area contributed by atoms with Crippen molar-refractivity contribution >= 4 is 17.3 Å². The maximum atomic E-state index is 12.4. The summed E-state index contributed by atoms with van der Waals surface area (Å²) in [5.74, 6) is 0.128. The Morgan fingerprint density at radius 2 is 1.77 bits per heavy atom. The van der Waals surface area contributed by atoms with E-state index in [0.717, 1.165) is 38.3 Å². The Labute approximate surface area is 178 Å². The molecule has 0 bridgehead atoms. The predicted octanol–water partition coefficient (Wildman–Crippen LogP) is 3.20. The van der Waals surface area contributed by atoms with Crippen LogP contribution in [0.15, 0.2) is 54.6 Å². The van der Waals surface area contributed by atoms with Gasteiger partial charge < -0.3 is 9.80 Å². The molecular weight excluding hydrogens is 380 g/mol. The molecule has 1 fully saturated rings. The zero-order valence-corrected chi connectivity index (χ0v) is 17.6. The molecule has 2 aromatic carbocycles. The maximum Gasteiger partial charge on any atom is 0.269 e. The van der Waals surface area contributed by atoms with Gasteiger partial charge in [-0.2, -0.15) is 0 Å². The van der Waals surface area contributed by atoms with Gasteiger partial charge in [-0.25, -0.2) is 0 Å². The topological polar surface area (TPSA) is 69.9 Å². The first-order valence-corrected chi connectivity index (χ1v) is 10.6. The Kier molecular flexibility index (Phi) is 7.79. The molecule has 1 aliphatic rings. The summed E-state index contributed by atoms with van der Waals surface area (Å²) in [5, 5.41) is 11.0. The molecule has 7 nitrogen and oxygen atoms in total. The molecule has 0 radical (unpaired) electrons. The predicted molar refractivity (Wildman–Crippen MR) is 119 cm³/mol. The van der Waals surface area contributed by atoms with Gasteiger partial charge in [0.15, 0.2) is 0 Å². The van der Waals surface area contributed by atoms with Crippen molar-refractivity contribution in [3.8, 4) is 0 Å². The second-order valence-corrected chi connectivity index (χ2v) is 7.58. The number of piperazine rings is 1. The number of nitro groups is 1. The monoisotopic (exact) mass is 410 g/mol. The van der Waals surface area contributed by atoms with Gasteiger partial charge in [0.2, 0.25) is 5.91 Å². The number of amides is 1. The SMILES string of the molecule is CCC(=O)N(CCc1cccc([N+](=O)[O-])c1)CCN1CCN(c2ccccc2)CC1. The highest BCUT2D eigenvalue weighted by Crippen LogP contribution is 2.16. The van der Waals surface area contributed by atoms with Crippen molar-refractivity contribution < 1.29 is 9.72 Å². The highest BCUT2D eigenvalue weighted by molar-refractivity contribution is 5.75. The van der Waals surface area contributed by atoms with Gasteiger partial charge in [-0.15, -0.1) is 0 Å². The van der Waals surface area contributed by atoms with Crippen LogP contribution in [0, 0.1) is 10.1 Å². The third-order valence-electron chi connectivity index (χ3n) is 5.63. The van der Waals surface area contributed by atoms with Crippen molar-refractivity contribution in [1.29, 1.82) is 0 Å². The summed E-state index contributed by atoms with van der Waals surface area (Å²) in [4.78, 5) is 29.7. The van der Waals surface area contributed by atoms with E-state index in [4.69, 9.17) is 0 Å². The maximum absolute atomic E-state index is 12.4. The number of anilines is 1. The first-order valence-electron chi connectivity index (χ1n) is 10.6. The molecule has 0 unspecified atom stereocenters. The lowest BCUT2D eigenvalue weighted by Crippen LogP contribution is -2.49. The molecule has 1 heterocycles. The fourth-order valence-electron chi connectivity index (χ4n) is 3.81. The van der Waals surface area contributed by atoms with E-state index in [1.807, 2.05) is 24.0 Å². The lowest BCUT2D eigenvalue weighted by molar-refractivity contribution is -0.384. The van der Waals surface area contributed by atoms with E-state index in [0.29, 0.717) is 25.9 Å². The number of benzene rings is 2. The average Bonchev–Trinajstić information content (AvgIpc) is 2.79. The zero-order valence-electron chi connectivity index (χ0n) is 17.6. The van der Waals surface area contributed by atoms with Crippen LogP contribution in [-0.4, -0.2) is 66.4 Å². The number of carbonyl (C=O) groups excluding carboxylic acids is 1. The Morgan fingerprint density at radius 1 is 1.03 bits per heavy atom. The van der Waals surface area contributed by atoms with Gasteiger partial charge in [0, 0.05) is 70.1 Å². The lowest BCUT2D eigenvalue weighted by atomic mass is 10.1. The van der Waals surface area contributed by atoms with Crippen LogP contribution >= 0.6 is 0 Å². The van der Waals surface area contributed by atoms with Crippen LogP contribution in [0.5, 0.6) is 0 Å². The molecule has 0 aliphatic carbocycles. The number of rotatable bonds is 9. The van der Waals surface area contributed by atoms with Crippen molar-refractivity contribution in [2.24, 2.45) is 0 Å². The molecule has 3 rings (SSSR count). The van der Waals surface area contributed by atoms with Crippen LogP contribution in [0.2, 0.25) is 0 Å². The number of carbonyl (C=O) groups is 1. The molecule has 7 heteroatoms. The smallest absolute Gasteiger partial charge is 0.269 e. The van der Waals surface area contributed by atoms with Gasteiger partial charge in [-0.1, -0.05) is 37.3 Å². The number of nitro benzene ring substituents is 1. The summed E-state index contributed by atoms with van der Waals surface area (Å²) in [5.41, 5.74) is 2.24. The largest absolute Gasteiger partial charge is 0.369 e. The number of nitrogens with zero attached hydrogens (tertiary/aromatic N) is 4. The second kappa shape index (κ2) is 10.7. The van der Waals surface area contributed by atoms with Crippen LogP contribution in [0.1, 0.15) is 18.9 Å². The van der Waals surface area contributed by atoms with Crippen LogP contribution in [0.3, 0.4) is 0 Å². The fraction of sp³-hybridized carbons (Fsp3) is 0.435. The minimum atomic E-state index is -0.381. The summed E-state index contributed by atoms with van der Waals surface area (Å²) < 4.78 is 0. The van der Waals surface area contributed by atoms with E-state index >= 15 is 0 Å². The summed E-state index contributed by atoms with van der Waals surface area (Å²) in [6.07, 6.45) is 1.09. The molecule has 1 saturated heterocycles. The van der Waals surface area contributed by atoms with Gasteiger partial charge in [0.05, 0.1) is 4.92 Å². The summed E-state index contributed by atoms with van der Waals surface area (Å²) in [7, 11) is 0. The van der Waals surface area contributed by atoms with E-state index in [-0.39, 0.29) is 16.5 Å². The number of hydrogen-bond acceptors (Lipinski definition) is 5. The molecule has 1 amide bonds. The van der Waals surface area contributed by atoms with Crippen LogP contribution in [-0.2, 0) is 11.2 Å². The average molecular weight is 411 g/mol. The molecule has 0 saturated carbocycles. The molecule has 1 aliphatic heterocycles. The second-order valence-electron chi connectivity index (χ2n) is 7.58. The highest BCUT2D eigenvalue weighted by atomic mass is 16.6. The van der Waals surface area contributed by atoms with E-state index in [2.05, 4.69) is 34.1 Å². The first kappa shape index (κ1) is 21.8. The van der Waals surface area contributed by atoms with Crippen molar-refractivity contribution in [2.75, 3.05) is 50.7 Å². The van der Waals surface area contributed by atoms with Crippen molar-refractivity contribution in [3.63, 3.8) is 0 Å². The van der Waals surface area contributed by atoms with Gasteiger partial charge in [0.25, 0.3) is 5.69 Å². The van der Waals surface area contributed by atoms with Crippen molar-refractivity contribution in [1.82, 2.24) is 9.80 Å². The van der Waals surface area contributed by atoms with Crippen molar-refractivity contribution in [3.05, 3.63) is 70.3 Å².